The number of halogens is 1. The lowest BCUT2D eigenvalue weighted by Gasteiger charge is -2.36. The molecule has 0 unspecified atom stereocenters. The Labute approximate surface area is 116 Å². The molecule has 3 rings (SSSR count). The Hall–Kier alpha value is -1.65. The van der Waals surface area contributed by atoms with Crippen LogP contribution in [0.15, 0.2) is 30.5 Å². The van der Waals surface area contributed by atoms with Gasteiger partial charge in [0, 0.05) is 16.6 Å². The van der Waals surface area contributed by atoms with Crippen LogP contribution in [0.4, 0.5) is 5.69 Å². The zero-order valence-corrected chi connectivity index (χ0v) is 11.1. The molecule has 4 nitrogen and oxygen atoms in total. The molecule has 5 heteroatoms. The molecule has 0 spiro atoms. The van der Waals surface area contributed by atoms with E-state index in [0.29, 0.717) is 10.7 Å². The van der Waals surface area contributed by atoms with Crippen molar-refractivity contribution in [3.8, 4) is 0 Å². The molecule has 1 aliphatic carbocycles. The van der Waals surface area contributed by atoms with Gasteiger partial charge in [0.1, 0.15) is 0 Å². The van der Waals surface area contributed by atoms with Crippen LogP contribution >= 0.6 is 11.6 Å². The summed E-state index contributed by atoms with van der Waals surface area (Å²) in [6, 6.07) is 7.27. The number of fused-ring (bicyclic) bond motifs is 1. The molecule has 1 fully saturated rings. The van der Waals surface area contributed by atoms with Crippen LogP contribution in [0, 0.1) is 0 Å². The minimum absolute atomic E-state index is 0.159. The summed E-state index contributed by atoms with van der Waals surface area (Å²) in [5.74, 6) is -0.159. The summed E-state index contributed by atoms with van der Waals surface area (Å²) < 4.78 is 0. The number of aromatic nitrogens is 1. The number of benzene rings is 1. The summed E-state index contributed by atoms with van der Waals surface area (Å²) in [4.78, 5) is 16.5. The first kappa shape index (κ1) is 12.4. The maximum atomic E-state index is 12.2. The summed E-state index contributed by atoms with van der Waals surface area (Å²) in [5, 5.41) is 4.32. The number of hydrogen-bond donors (Lipinski definition) is 2. The van der Waals surface area contributed by atoms with Gasteiger partial charge in [0.05, 0.1) is 16.7 Å². The summed E-state index contributed by atoms with van der Waals surface area (Å²) in [7, 11) is 0. The highest BCUT2D eigenvalue weighted by atomic mass is 35.5. The molecule has 0 bridgehead atoms. The Morgan fingerprint density at radius 3 is 2.89 bits per heavy atom. The largest absolute Gasteiger partial charge is 0.323 e. The molecule has 1 aliphatic rings. The SMILES string of the molecule is NC1(C(=O)Nc2cc(Cl)cc3cccnc23)CCC1. The number of hydrogen-bond acceptors (Lipinski definition) is 3. The predicted octanol–water partition coefficient (Wildman–Crippen LogP) is 2.71. The summed E-state index contributed by atoms with van der Waals surface area (Å²) in [6.45, 7) is 0. The van der Waals surface area contributed by atoms with Gasteiger partial charge in [-0.3, -0.25) is 9.78 Å². The van der Waals surface area contributed by atoms with Gasteiger partial charge < -0.3 is 11.1 Å². The average molecular weight is 276 g/mol. The first-order valence-electron chi connectivity index (χ1n) is 6.23. The number of amides is 1. The van der Waals surface area contributed by atoms with Crippen LogP contribution in [-0.2, 0) is 4.79 Å². The second kappa shape index (κ2) is 4.47. The Kier molecular flexibility index (Phi) is 2.92. The second-order valence-electron chi connectivity index (χ2n) is 4.99. The lowest BCUT2D eigenvalue weighted by Crippen LogP contribution is -2.56. The van der Waals surface area contributed by atoms with E-state index in [4.69, 9.17) is 17.3 Å². The normalized spacial score (nSPS) is 16.9. The van der Waals surface area contributed by atoms with Crippen molar-refractivity contribution in [2.45, 2.75) is 24.8 Å². The molecule has 19 heavy (non-hydrogen) atoms. The zero-order chi connectivity index (χ0) is 13.5. The molecule has 3 N–H and O–H groups in total. The quantitative estimate of drug-likeness (QED) is 0.885. The minimum Gasteiger partial charge on any atom is -0.323 e. The lowest BCUT2D eigenvalue weighted by molar-refractivity contribution is -0.123. The van der Waals surface area contributed by atoms with E-state index < -0.39 is 5.54 Å². The highest BCUT2D eigenvalue weighted by Gasteiger charge is 2.40. The topological polar surface area (TPSA) is 68.0 Å². The molecule has 0 aliphatic heterocycles. The van der Waals surface area contributed by atoms with Crippen LogP contribution < -0.4 is 11.1 Å². The first-order valence-corrected chi connectivity index (χ1v) is 6.61. The molecule has 1 amide bonds. The van der Waals surface area contributed by atoms with E-state index in [1.807, 2.05) is 18.2 Å². The number of carbonyl (C=O) groups excluding carboxylic acids is 1. The van der Waals surface area contributed by atoms with Gasteiger partial charge in [-0.1, -0.05) is 17.7 Å². The van der Waals surface area contributed by atoms with Gasteiger partial charge in [-0.2, -0.15) is 0 Å². The van der Waals surface area contributed by atoms with Crippen molar-refractivity contribution < 1.29 is 4.79 Å². The van der Waals surface area contributed by atoms with Crippen molar-refractivity contribution in [1.29, 1.82) is 0 Å². The van der Waals surface area contributed by atoms with E-state index in [9.17, 15) is 4.79 Å². The molecular formula is C14H14ClN3O. The smallest absolute Gasteiger partial charge is 0.244 e. The lowest BCUT2D eigenvalue weighted by atomic mass is 9.77. The van der Waals surface area contributed by atoms with E-state index in [1.54, 1.807) is 12.3 Å². The van der Waals surface area contributed by atoms with Crippen molar-refractivity contribution in [2.75, 3.05) is 5.32 Å². The molecule has 1 aromatic heterocycles. The Morgan fingerprint density at radius 2 is 2.21 bits per heavy atom. The van der Waals surface area contributed by atoms with Gasteiger partial charge in [0.2, 0.25) is 5.91 Å². The molecule has 2 aromatic rings. The zero-order valence-electron chi connectivity index (χ0n) is 10.3. The fourth-order valence-electron chi connectivity index (χ4n) is 2.28. The third kappa shape index (κ3) is 2.17. The Morgan fingerprint density at radius 1 is 1.42 bits per heavy atom. The van der Waals surface area contributed by atoms with Crippen molar-refractivity contribution in [1.82, 2.24) is 4.98 Å². The molecule has 1 aromatic carbocycles. The van der Waals surface area contributed by atoms with Gasteiger partial charge in [-0.05, 0) is 37.5 Å². The minimum atomic E-state index is -0.733. The number of carbonyl (C=O) groups is 1. The molecule has 98 valence electrons. The number of nitrogens with one attached hydrogen (secondary N) is 1. The van der Waals surface area contributed by atoms with Crippen molar-refractivity contribution in [2.24, 2.45) is 5.73 Å². The van der Waals surface area contributed by atoms with Crippen molar-refractivity contribution in [3.63, 3.8) is 0 Å². The van der Waals surface area contributed by atoms with E-state index in [2.05, 4.69) is 10.3 Å². The van der Waals surface area contributed by atoms with Crippen LogP contribution in [0.25, 0.3) is 10.9 Å². The van der Waals surface area contributed by atoms with Gasteiger partial charge in [-0.25, -0.2) is 0 Å². The van der Waals surface area contributed by atoms with Gasteiger partial charge in [0.15, 0.2) is 0 Å². The number of nitrogens with two attached hydrogens (primary N) is 1. The van der Waals surface area contributed by atoms with E-state index >= 15 is 0 Å². The highest BCUT2D eigenvalue weighted by Crippen LogP contribution is 2.32. The Bertz CT molecular complexity index is 652. The first-order chi connectivity index (χ1) is 9.08. The van der Waals surface area contributed by atoms with E-state index in [1.165, 1.54) is 0 Å². The second-order valence-corrected chi connectivity index (χ2v) is 5.43. The van der Waals surface area contributed by atoms with Crippen molar-refractivity contribution in [3.05, 3.63) is 35.5 Å². The number of rotatable bonds is 2. The maximum Gasteiger partial charge on any atom is 0.244 e. The Balaban J connectivity index is 1.98. The van der Waals surface area contributed by atoms with Crippen LogP contribution in [-0.4, -0.2) is 16.4 Å². The fourth-order valence-corrected chi connectivity index (χ4v) is 2.51. The number of pyridine rings is 1. The maximum absolute atomic E-state index is 12.2. The van der Waals surface area contributed by atoms with Crippen LogP contribution in [0.3, 0.4) is 0 Å². The van der Waals surface area contributed by atoms with Gasteiger partial charge in [-0.15, -0.1) is 0 Å². The van der Waals surface area contributed by atoms with Gasteiger partial charge in [0.25, 0.3) is 0 Å². The van der Waals surface area contributed by atoms with E-state index in [-0.39, 0.29) is 5.91 Å². The van der Waals surface area contributed by atoms with Gasteiger partial charge >= 0.3 is 0 Å². The third-order valence-electron chi connectivity index (χ3n) is 3.62. The summed E-state index contributed by atoms with van der Waals surface area (Å²) in [5.41, 5.74) is 6.62. The number of nitrogens with zero attached hydrogens (tertiary/aromatic N) is 1. The number of anilines is 1. The summed E-state index contributed by atoms with van der Waals surface area (Å²) >= 11 is 6.06. The molecule has 0 saturated heterocycles. The van der Waals surface area contributed by atoms with Crippen LogP contribution in [0.5, 0.6) is 0 Å². The standard InChI is InChI=1S/C14H14ClN3O/c15-10-7-9-3-1-6-17-12(9)11(8-10)18-13(19)14(16)4-2-5-14/h1,3,6-8H,2,4-5,16H2,(H,18,19). The molecule has 0 atom stereocenters. The highest BCUT2D eigenvalue weighted by molar-refractivity contribution is 6.32. The third-order valence-corrected chi connectivity index (χ3v) is 3.83. The predicted molar refractivity (Wildman–Crippen MR) is 76.2 cm³/mol. The molecule has 1 saturated carbocycles. The monoisotopic (exact) mass is 275 g/mol. The van der Waals surface area contributed by atoms with Crippen LogP contribution in [0.1, 0.15) is 19.3 Å². The van der Waals surface area contributed by atoms with Crippen LogP contribution in [0.2, 0.25) is 5.02 Å². The average Bonchev–Trinajstić information content (AvgIpc) is 2.35. The molecule has 0 radical (unpaired) electrons. The molecule has 1 heterocycles. The molecular weight excluding hydrogens is 262 g/mol. The van der Waals surface area contributed by atoms with Crippen molar-refractivity contribution >= 4 is 34.1 Å². The fraction of sp³-hybridized carbons (Fsp3) is 0.286. The summed E-state index contributed by atoms with van der Waals surface area (Å²) in [6.07, 6.45) is 4.14. The van der Waals surface area contributed by atoms with E-state index in [0.717, 1.165) is 30.2 Å².